The number of amidine groups is 1. The molecule has 2 saturated carbocycles. The van der Waals surface area contributed by atoms with Gasteiger partial charge in [-0.1, -0.05) is 153 Å². The number of rotatable bonds is 6. The Labute approximate surface area is 397 Å². The van der Waals surface area contributed by atoms with Gasteiger partial charge in [-0.3, -0.25) is 5.32 Å². The van der Waals surface area contributed by atoms with Gasteiger partial charge in [-0.2, -0.15) is 0 Å². The molecule has 0 bridgehead atoms. The topological polar surface area (TPSA) is 36.4 Å². The molecule has 0 aromatic heterocycles. The van der Waals surface area contributed by atoms with Gasteiger partial charge >= 0.3 is 0 Å². The van der Waals surface area contributed by atoms with Gasteiger partial charge in [0, 0.05) is 28.7 Å². The second-order valence-electron chi connectivity index (χ2n) is 23.5. The van der Waals surface area contributed by atoms with Gasteiger partial charge in [0.1, 0.15) is 12.0 Å². The molecule has 2 aromatic rings. The van der Waals surface area contributed by atoms with Crippen LogP contribution in [0.3, 0.4) is 0 Å². The average molecular weight is 876 g/mol. The van der Waals surface area contributed by atoms with Crippen molar-refractivity contribution in [2.75, 3.05) is 0 Å². The third-order valence-electron chi connectivity index (χ3n) is 20.3. The van der Waals surface area contributed by atoms with Crippen molar-refractivity contribution < 1.29 is 0 Å². The highest BCUT2D eigenvalue weighted by Gasteiger charge is 2.58. The first-order chi connectivity index (χ1) is 32.6. The summed E-state index contributed by atoms with van der Waals surface area (Å²) in [4.78, 5) is 5.46. The Morgan fingerprint density at radius 2 is 1.35 bits per heavy atom. The minimum atomic E-state index is 0.0731. The van der Waals surface area contributed by atoms with E-state index in [2.05, 4.69) is 120 Å². The van der Waals surface area contributed by atoms with Gasteiger partial charge in [-0.25, -0.2) is 4.99 Å². The van der Waals surface area contributed by atoms with Crippen LogP contribution in [0, 0.1) is 35.5 Å². The summed E-state index contributed by atoms with van der Waals surface area (Å²) in [6, 6.07) is 15.6. The molecule has 344 valence electrons. The van der Waals surface area contributed by atoms with E-state index in [1.54, 1.807) is 5.57 Å². The highest BCUT2D eigenvalue weighted by molar-refractivity contribution is 5.99. The summed E-state index contributed by atoms with van der Waals surface area (Å²) in [5, 5.41) is 7.92. The Balaban J connectivity index is 0.757. The molecule has 2 aromatic carbocycles. The molecule has 11 aliphatic rings. The lowest BCUT2D eigenvalue weighted by atomic mass is 9.60. The molecule has 0 amide bonds. The number of benzene rings is 2. The number of nitrogens with zero attached hydrogens (tertiary/aromatic N) is 1. The van der Waals surface area contributed by atoms with Crippen molar-refractivity contribution in [1.82, 2.24) is 10.6 Å². The third kappa shape index (κ3) is 7.16. The van der Waals surface area contributed by atoms with Crippen molar-refractivity contribution in [2.24, 2.45) is 40.5 Å². The van der Waals surface area contributed by atoms with E-state index in [1.165, 1.54) is 158 Å². The van der Waals surface area contributed by atoms with Crippen LogP contribution in [0.4, 0.5) is 0 Å². The zero-order valence-electron chi connectivity index (χ0n) is 40.0. The van der Waals surface area contributed by atoms with Crippen LogP contribution >= 0.6 is 0 Å². The first-order valence-electron chi connectivity index (χ1n) is 27.8. The van der Waals surface area contributed by atoms with Crippen molar-refractivity contribution >= 4 is 5.84 Å². The molecule has 2 N–H and O–H groups in total. The fourth-order valence-electron chi connectivity index (χ4n) is 17.0. The Kier molecular flexibility index (Phi) is 11.2. The van der Waals surface area contributed by atoms with E-state index in [-0.39, 0.29) is 12.3 Å². The van der Waals surface area contributed by atoms with Gasteiger partial charge in [0.25, 0.3) is 0 Å². The van der Waals surface area contributed by atoms with Gasteiger partial charge < -0.3 is 5.32 Å². The number of aliphatic imine (C=N–C) groups is 1. The Bertz CT molecular complexity index is 2400. The highest BCUT2D eigenvalue weighted by Crippen LogP contribution is 2.67. The summed E-state index contributed by atoms with van der Waals surface area (Å²) < 4.78 is 0. The second kappa shape index (κ2) is 17.5. The Hall–Kier alpha value is -3.95. The summed E-state index contributed by atoms with van der Waals surface area (Å²) in [5.74, 6) is 6.67. The number of allylic oxidation sites excluding steroid dienone is 12. The average Bonchev–Trinajstić information content (AvgIpc) is 3.81. The highest BCUT2D eigenvalue weighted by atomic mass is 15.3. The SMILES string of the molecule is C1=CC(C2=CCC(C3N=C(c4ccc(C5CC=C(C6CC=CC7[C@H]6c6cc8c(cc6C76CCCCC6)C6CC=CCC6C86CCCCC6)CC5)cc4)NC(C4C=CCCC4)N3)C=C2)CCC1. The predicted molar refractivity (Wildman–Crippen MR) is 274 cm³/mol. The molecule has 13 rings (SSSR count). The van der Waals surface area contributed by atoms with E-state index in [9.17, 15) is 0 Å². The molecule has 2 fully saturated rings. The molecule has 1 heterocycles. The van der Waals surface area contributed by atoms with Gasteiger partial charge in [0.2, 0.25) is 0 Å². The summed E-state index contributed by atoms with van der Waals surface area (Å²) in [5.41, 5.74) is 14.1. The number of nitrogens with one attached hydrogen (secondary N) is 2. The summed E-state index contributed by atoms with van der Waals surface area (Å²) in [6.07, 6.45) is 60.9. The Morgan fingerprint density at radius 3 is 2.09 bits per heavy atom. The molecule has 66 heavy (non-hydrogen) atoms. The van der Waals surface area contributed by atoms with E-state index >= 15 is 0 Å². The van der Waals surface area contributed by atoms with E-state index in [0.717, 1.165) is 24.1 Å². The van der Waals surface area contributed by atoms with Crippen molar-refractivity contribution in [3.8, 4) is 0 Å². The van der Waals surface area contributed by atoms with Gasteiger partial charge in [-0.05, 0) is 183 Å². The number of hydrogen-bond acceptors (Lipinski definition) is 3. The standard InChI is InChI=1S/C63H77N3/c1-5-16-42(17-6-1)43-26-32-48(33-27-43)60-64-59(47-18-7-2-8-19-47)65-61(66-60)49-34-28-45(29-35-49)44-24-30-46(31-25-44)50-21-15-23-55-58(50)53-41-56-52(40-57(53)63(55)38-13-4-14-39-63)51-20-9-10-22-54(51)62(56)36-11-3-12-37-62/h5,7,9-10,15-16,18,23,26-30,32,34-35,40-42,44,47-48,50-51,54-55,58-60,64H,1-4,6,8,11-14,17,19-22,24-25,31,33,36-39H2,(H,65,66)/t42?,44?,47?,48?,50?,51?,54?,55?,58-,59?,60?/m1/s1. The van der Waals surface area contributed by atoms with E-state index in [1.807, 2.05) is 22.3 Å². The smallest absolute Gasteiger partial charge is 0.131 e. The van der Waals surface area contributed by atoms with Gasteiger partial charge in [-0.15, -0.1) is 0 Å². The predicted octanol–water partition coefficient (Wildman–Crippen LogP) is 15.1. The fraction of sp³-hybridized carbons (Fsp3) is 0.571. The van der Waals surface area contributed by atoms with Crippen molar-refractivity contribution in [2.45, 2.75) is 189 Å². The molecular formula is C63H77N3. The second-order valence-corrected chi connectivity index (χ2v) is 23.5. The van der Waals surface area contributed by atoms with Crippen LogP contribution in [0.25, 0.3) is 0 Å². The lowest BCUT2D eigenvalue weighted by Gasteiger charge is -2.44. The van der Waals surface area contributed by atoms with Crippen LogP contribution in [-0.2, 0) is 10.8 Å². The first kappa shape index (κ1) is 42.2. The van der Waals surface area contributed by atoms with E-state index < -0.39 is 0 Å². The molecule has 0 radical (unpaired) electrons. The number of hydrogen-bond donors (Lipinski definition) is 2. The molecule has 10 aliphatic carbocycles. The van der Waals surface area contributed by atoms with Crippen LogP contribution in [0.2, 0.25) is 0 Å². The summed E-state index contributed by atoms with van der Waals surface area (Å²) >= 11 is 0. The molecule has 0 saturated heterocycles. The van der Waals surface area contributed by atoms with E-state index in [4.69, 9.17) is 4.99 Å². The molecule has 3 nitrogen and oxygen atoms in total. The van der Waals surface area contributed by atoms with Gasteiger partial charge in [0.15, 0.2) is 0 Å². The van der Waals surface area contributed by atoms with Crippen LogP contribution in [-0.4, -0.2) is 18.2 Å². The largest absolute Gasteiger partial charge is 0.354 e. The zero-order valence-corrected chi connectivity index (χ0v) is 40.0. The minimum absolute atomic E-state index is 0.0731. The van der Waals surface area contributed by atoms with E-state index in [0.29, 0.717) is 52.3 Å². The maximum Gasteiger partial charge on any atom is 0.131 e. The lowest BCUT2D eigenvalue weighted by molar-refractivity contribution is 0.184. The quantitative estimate of drug-likeness (QED) is 0.284. The molecule has 10 unspecified atom stereocenters. The molecule has 3 heteroatoms. The van der Waals surface area contributed by atoms with Crippen molar-refractivity contribution in [3.05, 3.63) is 154 Å². The van der Waals surface area contributed by atoms with Crippen LogP contribution in [0.5, 0.6) is 0 Å². The normalized spacial score (nSPS) is 37.0. The molecule has 2 spiro atoms. The third-order valence-corrected chi connectivity index (χ3v) is 20.3. The molecular weight excluding hydrogens is 799 g/mol. The number of fused-ring (bicyclic) bond motifs is 10. The van der Waals surface area contributed by atoms with Crippen LogP contribution in [0.1, 0.15) is 199 Å². The minimum Gasteiger partial charge on any atom is -0.354 e. The first-order valence-corrected chi connectivity index (χ1v) is 27.8. The Morgan fingerprint density at radius 1 is 0.591 bits per heavy atom. The molecule has 1 aliphatic heterocycles. The maximum atomic E-state index is 5.46. The fourth-order valence-corrected chi connectivity index (χ4v) is 17.0. The van der Waals surface area contributed by atoms with Crippen LogP contribution in [0.15, 0.2) is 125 Å². The summed E-state index contributed by atoms with van der Waals surface area (Å²) in [6.45, 7) is 0. The van der Waals surface area contributed by atoms with Crippen LogP contribution < -0.4 is 10.6 Å². The van der Waals surface area contributed by atoms with Crippen molar-refractivity contribution in [1.29, 1.82) is 0 Å². The lowest BCUT2D eigenvalue weighted by Crippen LogP contribution is -2.59. The van der Waals surface area contributed by atoms with Gasteiger partial charge in [0.05, 0.1) is 6.17 Å². The summed E-state index contributed by atoms with van der Waals surface area (Å²) in [7, 11) is 0. The maximum absolute atomic E-state index is 5.46. The zero-order chi connectivity index (χ0) is 43.7. The molecule has 11 atom stereocenters. The van der Waals surface area contributed by atoms with Crippen molar-refractivity contribution in [3.63, 3.8) is 0 Å². The monoisotopic (exact) mass is 876 g/mol.